The van der Waals surface area contributed by atoms with Gasteiger partial charge in [0.2, 0.25) is 5.78 Å². The molecule has 0 aliphatic rings. The minimum Gasteiger partial charge on any atom is -0.457 e. The second-order valence-electron chi connectivity index (χ2n) is 5.62. The molecule has 0 atom stereocenters. The number of para-hydroxylation sites is 1. The maximum absolute atomic E-state index is 12.5. The molecule has 0 aliphatic carbocycles. The first-order valence-corrected chi connectivity index (χ1v) is 9.54. The number of ketones is 1. The van der Waals surface area contributed by atoms with Crippen molar-refractivity contribution < 1.29 is 14.3 Å². The summed E-state index contributed by atoms with van der Waals surface area (Å²) < 4.78 is 5.12. The van der Waals surface area contributed by atoms with Crippen molar-refractivity contribution in [3.8, 4) is 0 Å². The number of hydrogen-bond donors (Lipinski definition) is 1. The zero-order valence-electron chi connectivity index (χ0n) is 13.8. The van der Waals surface area contributed by atoms with E-state index in [1.807, 2.05) is 31.2 Å². The highest BCUT2D eigenvalue weighted by molar-refractivity contribution is 8.00. The number of rotatable bonds is 6. The SMILES string of the molecule is Cc1[nH]c2ccccc2c1C(=O)COC(=O)CSc1cc(Cl)ccc1Cl. The lowest BCUT2D eigenvalue weighted by Crippen LogP contribution is -2.16. The van der Waals surface area contributed by atoms with Gasteiger partial charge in [-0.05, 0) is 31.2 Å². The van der Waals surface area contributed by atoms with Gasteiger partial charge in [0, 0.05) is 32.1 Å². The van der Waals surface area contributed by atoms with E-state index in [-0.39, 0.29) is 18.1 Å². The molecule has 134 valence electrons. The number of aryl methyl sites for hydroxylation is 1. The Morgan fingerprint density at radius 1 is 1.15 bits per heavy atom. The lowest BCUT2D eigenvalue weighted by atomic mass is 10.1. The normalized spacial score (nSPS) is 10.9. The van der Waals surface area contributed by atoms with Crippen LogP contribution in [0.4, 0.5) is 0 Å². The molecule has 0 amide bonds. The molecule has 2 aromatic carbocycles. The fourth-order valence-electron chi connectivity index (χ4n) is 2.62. The van der Waals surface area contributed by atoms with Crippen LogP contribution in [0.3, 0.4) is 0 Å². The second kappa shape index (κ2) is 8.16. The average Bonchev–Trinajstić information content (AvgIpc) is 2.96. The number of aromatic amines is 1. The number of aromatic nitrogens is 1. The summed E-state index contributed by atoms with van der Waals surface area (Å²) in [4.78, 5) is 28.3. The first-order valence-electron chi connectivity index (χ1n) is 7.79. The third kappa shape index (κ3) is 4.23. The van der Waals surface area contributed by atoms with Crippen molar-refractivity contribution in [2.24, 2.45) is 0 Å². The van der Waals surface area contributed by atoms with Gasteiger partial charge in [0.1, 0.15) is 0 Å². The molecular weight excluding hydrogens is 393 g/mol. The minimum atomic E-state index is -0.489. The highest BCUT2D eigenvalue weighted by atomic mass is 35.5. The summed E-state index contributed by atoms with van der Waals surface area (Å²) in [5, 5.41) is 1.87. The topological polar surface area (TPSA) is 59.2 Å². The Bertz CT molecular complexity index is 984. The monoisotopic (exact) mass is 407 g/mol. The predicted octanol–water partition coefficient (Wildman–Crippen LogP) is 5.30. The van der Waals surface area contributed by atoms with Gasteiger partial charge in [-0.1, -0.05) is 41.4 Å². The molecule has 0 fully saturated rings. The smallest absolute Gasteiger partial charge is 0.316 e. The molecule has 0 spiro atoms. The van der Waals surface area contributed by atoms with Gasteiger partial charge >= 0.3 is 5.97 Å². The van der Waals surface area contributed by atoms with Crippen molar-refractivity contribution in [3.05, 3.63) is 63.8 Å². The van der Waals surface area contributed by atoms with Crippen molar-refractivity contribution in [1.29, 1.82) is 0 Å². The summed E-state index contributed by atoms with van der Waals surface area (Å²) in [6.07, 6.45) is 0. The number of fused-ring (bicyclic) bond motifs is 1. The Morgan fingerprint density at radius 2 is 1.92 bits per heavy atom. The number of Topliss-reactive ketones (excluding diaryl/α,β-unsaturated/α-hetero) is 1. The highest BCUT2D eigenvalue weighted by Crippen LogP contribution is 2.30. The van der Waals surface area contributed by atoms with E-state index in [0.29, 0.717) is 20.5 Å². The number of esters is 1. The Balaban J connectivity index is 1.59. The largest absolute Gasteiger partial charge is 0.457 e. The van der Waals surface area contributed by atoms with Crippen LogP contribution in [0.2, 0.25) is 10.0 Å². The number of carbonyl (C=O) groups is 2. The molecular formula is C19H15Cl2NO3S. The molecule has 1 N–H and O–H groups in total. The second-order valence-corrected chi connectivity index (χ2v) is 7.48. The number of ether oxygens (including phenoxy) is 1. The standard InChI is InChI=1S/C19H15Cl2NO3S/c1-11-19(13-4-2-3-5-15(13)22-11)16(23)9-25-18(24)10-26-17-8-12(20)6-7-14(17)21/h2-8,22H,9-10H2,1H3. The minimum absolute atomic E-state index is 0.0419. The van der Waals surface area contributed by atoms with Gasteiger partial charge < -0.3 is 9.72 Å². The van der Waals surface area contributed by atoms with Crippen LogP contribution in [0.25, 0.3) is 10.9 Å². The maximum atomic E-state index is 12.5. The molecule has 3 aromatic rings. The van der Waals surface area contributed by atoms with Crippen LogP contribution in [-0.4, -0.2) is 29.1 Å². The molecule has 3 rings (SSSR count). The zero-order valence-corrected chi connectivity index (χ0v) is 16.2. The third-order valence-corrected chi connectivity index (χ3v) is 5.48. The molecule has 0 bridgehead atoms. The summed E-state index contributed by atoms with van der Waals surface area (Å²) in [5.41, 5.74) is 2.19. The van der Waals surface area contributed by atoms with E-state index in [0.717, 1.165) is 16.6 Å². The van der Waals surface area contributed by atoms with E-state index in [1.54, 1.807) is 18.2 Å². The van der Waals surface area contributed by atoms with Gasteiger partial charge in [0.15, 0.2) is 6.61 Å². The molecule has 0 radical (unpaired) electrons. The molecule has 1 heterocycles. The van der Waals surface area contributed by atoms with Crippen LogP contribution in [-0.2, 0) is 9.53 Å². The van der Waals surface area contributed by atoms with Crippen molar-refractivity contribution in [3.63, 3.8) is 0 Å². The highest BCUT2D eigenvalue weighted by Gasteiger charge is 2.17. The van der Waals surface area contributed by atoms with Gasteiger partial charge in [-0.15, -0.1) is 11.8 Å². The van der Waals surface area contributed by atoms with Crippen molar-refractivity contribution in [2.75, 3.05) is 12.4 Å². The molecule has 1 aromatic heterocycles. The van der Waals surface area contributed by atoms with E-state index < -0.39 is 5.97 Å². The molecule has 0 aliphatic heterocycles. The summed E-state index contributed by atoms with van der Waals surface area (Å²) >= 11 is 13.2. The summed E-state index contributed by atoms with van der Waals surface area (Å²) in [7, 11) is 0. The Labute approximate surface area is 164 Å². The van der Waals surface area contributed by atoms with Crippen LogP contribution in [0.1, 0.15) is 16.1 Å². The Morgan fingerprint density at radius 3 is 2.73 bits per heavy atom. The van der Waals surface area contributed by atoms with E-state index in [1.165, 1.54) is 11.8 Å². The number of thioether (sulfide) groups is 1. The number of nitrogens with one attached hydrogen (secondary N) is 1. The van der Waals surface area contributed by atoms with E-state index in [4.69, 9.17) is 27.9 Å². The summed E-state index contributed by atoms with van der Waals surface area (Å²) in [6.45, 7) is 1.53. The average molecular weight is 408 g/mol. The van der Waals surface area contributed by atoms with E-state index in [9.17, 15) is 9.59 Å². The van der Waals surface area contributed by atoms with Crippen molar-refractivity contribution >= 4 is 57.6 Å². The number of hydrogen-bond acceptors (Lipinski definition) is 4. The molecule has 0 unspecified atom stereocenters. The zero-order chi connectivity index (χ0) is 18.7. The van der Waals surface area contributed by atoms with Crippen LogP contribution < -0.4 is 0 Å². The fraction of sp³-hybridized carbons (Fsp3) is 0.158. The maximum Gasteiger partial charge on any atom is 0.316 e. The van der Waals surface area contributed by atoms with Crippen LogP contribution in [0.5, 0.6) is 0 Å². The lowest BCUT2D eigenvalue weighted by Gasteiger charge is -2.06. The van der Waals surface area contributed by atoms with Gasteiger partial charge in [-0.2, -0.15) is 0 Å². The number of benzene rings is 2. The summed E-state index contributed by atoms with van der Waals surface area (Å²) in [6, 6.07) is 12.5. The Hall–Kier alpha value is -1.95. The molecule has 26 heavy (non-hydrogen) atoms. The number of carbonyl (C=O) groups excluding carboxylic acids is 2. The summed E-state index contributed by atoms with van der Waals surface area (Å²) in [5.74, 6) is -0.684. The van der Waals surface area contributed by atoms with Crippen LogP contribution >= 0.6 is 35.0 Å². The van der Waals surface area contributed by atoms with Gasteiger partial charge in [-0.25, -0.2) is 0 Å². The van der Waals surface area contributed by atoms with Gasteiger partial charge in [-0.3, -0.25) is 9.59 Å². The molecule has 4 nitrogen and oxygen atoms in total. The molecule has 0 saturated carbocycles. The van der Waals surface area contributed by atoms with Gasteiger partial charge in [0.25, 0.3) is 0 Å². The van der Waals surface area contributed by atoms with Gasteiger partial charge in [0.05, 0.1) is 10.8 Å². The predicted molar refractivity (Wildman–Crippen MR) is 106 cm³/mol. The molecule has 7 heteroatoms. The van der Waals surface area contributed by atoms with Crippen molar-refractivity contribution in [2.45, 2.75) is 11.8 Å². The third-order valence-electron chi connectivity index (χ3n) is 3.78. The first kappa shape index (κ1) is 18.8. The first-order chi connectivity index (χ1) is 12.5. The quantitative estimate of drug-likeness (QED) is 0.342. The van der Waals surface area contributed by atoms with Crippen LogP contribution in [0.15, 0.2) is 47.4 Å². The van der Waals surface area contributed by atoms with Crippen molar-refractivity contribution in [1.82, 2.24) is 4.98 Å². The van der Waals surface area contributed by atoms with E-state index >= 15 is 0 Å². The molecule has 0 saturated heterocycles. The number of H-pyrrole nitrogens is 1. The number of halogens is 2. The van der Waals surface area contributed by atoms with E-state index in [2.05, 4.69) is 4.98 Å². The lowest BCUT2D eigenvalue weighted by molar-refractivity contribution is -0.139. The van der Waals surface area contributed by atoms with Crippen LogP contribution in [0, 0.1) is 6.92 Å². The fourth-order valence-corrected chi connectivity index (χ4v) is 3.91. The Kier molecular flexibility index (Phi) is 5.91.